The molecule has 31 heavy (non-hydrogen) atoms. The fourth-order valence-electron chi connectivity index (χ4n) is 3.83. The largest absolute Gasteiger partial charge is 0.497 e. The Hall–Kier alpha value is -2.64. The molecule has 1 fully saturated rings. The van der Waals surface area contributed by atoms with Crippen LogP contribution in [0.5, 0.6) is 5.75 Å². The van der Waals surface area contributed by atoms with Gasteiger partial charge in [-0.05, 0) is 42.3 Å². The van der Waals surface area contributed by atoms with Crippen molar-refractivity contribution in [2.75, 3.05) is 7.11 Å². The quantitative estimate of drug-likeness (QED) is 0.553. The van der Waals surface area contributed by atoms with Crippen molar-refractivity contribution in [2.24, 2.45) is 0 Å². The molecule has 0 aliphatic carbocycles. The molecule has 3 aromatic rings. The lowest BCUT2D eigenvalue weighted by atomic mass is 10.0. The molecule has 0 bridgehead atoms. The molecule has 1 aromatic heterocycles. The van der Waals surface area contributed by atoms with E-state index in [4.69, 9.17) is 23.4 Å². The number of furan rings is 1. The molecular weight excluding hydrogens is 396 g/mol. The lowest BCUT2D eigenvalue weighted by Gasteiger charge is -2.26. The Labute approximate surface area is 182 Å². The van der Waals surface area contributed by atoms with E-state index in [0.717, 1.165) is 16.9 Å². The van der Waals surface area contributed by atoms with Gasteiger partial charge in [0.15, 0.2) is 0 Å². The van der Waals surface area contributed by atoms with Crippen LogP contribution in [0.3, 0.4) is 0 Å². The molecule has 5 atom stereocenters. The summed E-state index contributed by atoms with van der Waals surface area (Å²) in [5.74, 6) is 1.23. The molecule has 6 heteroatoms. The first-order chi connectivity index (χ1) is 15.2. The van der Waals surface area contributed by atoms with E-state index >= 15 is 0 Å². The van der Waals surface area contributed by atoms with Crippen LogP contribution in [0.4, 0.5) is 0 Å². The number of rotatable bonds is 9. The minimum Gasteiger partial charge on any atom is -0.497 e. The number of aliphatic hydroxyl groups excluding tert-OH is 1. The van der Waals surface area contributed by atoms with E-state index in [1.165, 1.54) is 6.26 Å². The summed E-state index contributed by atoms with van der Waals surface area (Å²) in [5.41, 5.74) is 2.06. The normalized spacial score (nSPS) is 24.2. The first kappa shape index (κ1) is 21.6. The van der Waals surface area contributed by atoms with Gasteiger partial charge < -0.3 is 28.5 Å². The van der Waals surface area contributed by atoms with E-state index in [1.54, 1.807) is 19.2 Å². The van der Waals surface area contributed by atoms with Gasteiger partial charge in [0, 0.05) is 0 Å². The molecule has 1 unspecified atom stereocenters. The van der Waals surface area contributed by atoms with Gasteiger partial charge in [-0.2, -0.15) is 0 Å². The van der Waals surface area contributed by atoms with Crippen molar-refractivity contribution in [3.05, 3.63) is 89.9 Å². The van der Waals surface area contributed by atoms with Crippen LogP contribution in [0.1, 0.15) is 29.9 Å². The van der Waals surface area contributed by atoms with Crippen molar-refractivity contribution >= 4 is 0 Å². The SMILES string of the molecule is COc1ccc(CO[C@@H]2[C@@H](OCc3ccccc3)[C@@H](C)O[C@@H]2C(O)c2ccco2)cc1. The van der Waals surface area contributed by atoms with Crippen molar-refractivity contribution in [1.29, 1.82) is 0 Å². The van der Waals surface area contributed by atoms with Crippen LogP contribution < -0.4 is 4.74 Å². The Kier molecular flexibility index (Phi) is 7.04. The molecule has 1 N–H and O–H groups in total. The van der Waals surface area contributed by atoms with Crippen LogP contribution >= 0.6 is 0 Å². The molecular formula is C25H28O6. The number of ether oxygens (including phenoxy) is 4. The number of hydrogen-bond acceptors (Lipinski definition) is 6. The summed E-state index contributed by atoms with van der Waals surface area (Å²) in [7, 11) is 1.64. The van der Waals surface area contributed by atoms with E-state index < -0.39 is 18.3 Å². The standard InChI is InChI=1S/C25H28O6/c1-17-23(29-15-18-7-4-3-5-8-18)25(24(31-17)22(26)21-9-6-14-28-21)30-16-19-10-12-20(27-2)13-11-19/h3-14,17,22-26H,15-16H2,1-2H3/t17-,22?,23+,24-,25-/m1/s1. The Bertz CT molecular complexity index is 909. The summed E-state index contributed by atoms with van der Waals surface area (Å²) >= 11 is 0. The molecule has 6 nitrogen and oxygen atoms in total. The predicted octanol–water partition coefficient (Wildman–Crippen LogP) is 4.28. The Morgan fingerprint density at radius 1 is 0.871 bits per heavy atom. The molecule has 0 amide bonds. The topological polar surface area (TPSA) is 70.3 Å². The number of aliphatic hydroxyl groups is 1. The highest BCUT2D eigenvalue weighted by Crippen LogP contribution is 2.35. The van der Waals surface area contributed by atoms with Gasteiger partial charge in [0.05, 0.1) is 32.7 Å². The van der Waals surface area contributed by atoms with Crippen LogP contribution in [-0.2, 0) is 27.4 Å². The maximum Gasteiger partial charge on any atom is 0.140 e. The van der Waals surface area contributed by atoms with Gasteiger partial charge in [-0.25, -0.2) is 0 Å². The first-order valence-corrected chi connectivity index (χ1v) is 10.4. The maximum absolute atomic E-state index is 10.9. The van der Waals surface area contributed by atoms with E-state index in [9.17, 15) is 5.11 Å². The fourth-order valence-corrected chi connectivity index (χ4v) is 3.83. The van der Waals surface area contributed by atoms with E-state index in [1.807, 2.05) is 61.5 Å². The highest BCUT2D eigenvalue weighted by atomic mass is 16.6. The molecule has 1 aliphatic rings. The molecule has 4 rings (SSSR count). The lowest BCUT2D eigenvalue weighted by Crippen LogP contribution is -2.39. The van der Waals surface area contributed by atoms with Gasteiger partial charge in [-0.1, -0.05) is 42.5 Å². The van der Waals surface area contributed by atoms with E-state index in [-0.39, 0.29) is 12.2 Å². The zero-order chi connectivity index (χ0) is 21.6. The Morgan fingerprint density at radius 2 is 1.55 bits per heavy atom. The average Bonchev–Trinajstić information content (AvgIpc) is 3.45. The third kappa shape index (κ3) is 5.17. The summed E-state index contributed by atoms with van der Waals surface area (Å²) in [6, 6.07) is 21.1. The molecule has 0 spiro atoms. The highest BCUT2D eigenvalue weighted by Gasteiger charge is 2.48. The van der Waals surface area contributed by atoms with Gasteiger partial charge in [-0.3, -0.25) is 0 Å². The third-order valence-electron chi connectivity index (χ3n) is 5.51. The molecule has 0 saturated carbocycles. The third-order valence-corrected chi connectivity index (χ3v) is 5.51. The molecule has 1 aliphatic heterocycles. The minimum absolute atomic E-state index is 0.251. The van der Waals surface area contributed by atoms with Crippen molar-refractivity contribution in [2.45, 2.75) is 50.7 Å². The second-order valence-corrected chi connectivity index (χ2v) is 7.65. The van der Waals surface area contributed by atoms with E-state index in [0.29, 0.717) is 19.0 Å². The smallest absolute Gasteiger partial charge is 0.140 e. The molecule has 1 saturated heterocycles. The molecule has 0 radical (unpaired) electrons. The predicted molar refractivity (Wildman–Crippen MR) is 115 cm³/mol. The Balaban J connectivity index is 1.50. The maximum atomic E-state index is 10.9. The molecule has 164 valence electrons. The Morgan fingerprint density at radius 3 is 2.19 bits per heavy atom. The summed E-state index contributed by atoms with van der Waals surface area (Å²) in [6.45, 7) is 2.73. The average molecular weight is 424 g/mol. The van der Waals surface area contributed by atoms with E-state index in [2.05, 4.69) is 0 Å². The van der Waals surface area contributed by atoms with Crippen molar-refractivity contribution < 1.29 is 28.5 Å². The summed E-state index contributed by atoms with van der Waals surface area (Å²) in [6.07, 6.45) is -1.09. The number of benzene rings is 2. The van der Waals surface area contributed by atoms with Gasteiger partial charge in [0.1, 0.15) is 35.9 Å². The summed E-state index contributed by atoms with van der Waals surface area (Å²) < 4.78 is 29.2. The second kappa shape index (κ2) is 10.1. The molecule has 2 aromatic carbocycles. The minimum atomic E-state index is -0.955. The zero-order valence-corrected chi connectivity index (χ0v) is 17.7. The van der Waals surface area contributed by atoms with Crippen molar-refractivity contribution in [3.63, 3.8) is 0 Å². The first-order valence-electron chi connectivity index (χ1n) is 10.4. The summed E-state index contributed by atoms with van der Waals surface area (Å²) in [5, 5.41) is 10.9. The van der Waals surface area contributed by atoms with Gasteiger partial charge in [-0.15, -0.1) is 0 Å². The molecule has 2 heterocycles. The monoisotopic (exact) mass is 424 g/mol. The van der Waals surface area contributed by atoms with Crippen molar-refractivity contribution in [3.8, 4) is 5.75 Å². The van der Waals surface area contributed by atoms with Crippen LogP contribution in [0.25, 0.3) is 0 Å². The van der Waals surface area contributed by atoms with Crippen LogP contribution in [0.15, 0.2) is 77.4 Å². The zero-order valence-electron chi connectivity index (χ0n) is 17.7. The van der Waals surface area contributed by atoms with Crippen LogP contribution in [-0.4, -0.2) is 36.6 Å². The lowest BCUT2D eigenvalue weighted by molar-refractivity contribution is -0.104. The fraction of sp³-hybridized carbons (Fsp3) is 0.360. The highest BCUT2D eigenvalue weighted by molar-refractivity contribution is 5.26. The summed E-state index contributed by atoms with van der Waals surface area (Å²) in [4.78, 5) is 0. The van der Waals surface area contributed by atoms with Gasteiger partial charge in [0.2, 0.25) is 0 Å². The second-order valence-electron chi connectivity index (χ2n) is 7.65. The van der Waals surface area contributed by atoms with Gasteiger partial charge in [0.25, 0.3) is 0 Å². The van der Waals surface area contributed by atoms with Crippen LogP contribution in [0.2, 0.25) is 0 Å². The number of methoxy groups -OCH3 is 1. The number of hydrogen-bond donors (Lipinski definition) is 1. The van der Waals surface area contributed by atoms with Gasteiger partial charge >= 0.3 is 0 Å². The van der Waals surface area contributed by atoms with Crippen LogP contribution in [0, 0.1) is 0 Å². The van der Waals surface area contributed by atoms with Crippen molar-refractivity contribution in [1.82, 2.24) is 0 Å².